The van der Waals surface area contributed by atoms with Crippen LogP contribution in [-0.4, -0.2) is 28.8 Å². The number of benzene rings is 2. The molecule has 0 aliphatic heterocycles. The van der Waals surface area contributed by atoms with E-state index in [1.54, 1.807) is 24.3 Å². The molecule has 3 N–H and O–H groups in total. The minimum atomic E-state index is -4.39. The van der Waals surface area contributed by atoms with Gasteiger partial charge >= 0.3 is 18.1 Å². The van der Waals surface area contributed by atoms with Gasteiger partial charge < -0.3 is 20.3 Å². The molecule has 0 aliphatic rings. The highest BCUT2D eigenvalue weighted by atomic mass is 32.1. The van der Waals surface area contributed by atoms with Gasteiger partial charge in [-0.1, -0.05) is 24.3 Å². The molecule has 0 saturated heterocycles. The topological polar surface area (TPSA) is 95.9 Å². The van der Waals surface area contributed by atoms with E-state index in [0.717, 1.165) is 23.5 Å². The Labute approximate surface area is 178 Å². The number of aromatic carboxylic acids is 1. The molecule has 162 valence electrons. The van der Waals surface area contributed by atoms with E-state index >= 15 is 0 Å². The van der Waals surface area contributed by atoms with E-state index < -0.39 is 30.3 Å². The Balaban J connectivity index is 1.75. The summed E-state index contributed by atoms with van der Waals surface area (Å²) in [5.74, 6) is -2.48. The molecule has 3 rings (SSSR count). The summed E-state index contributed by atoms with van der Waals surface area (Å²) < 4.78 is 43.0. The maximum atomic E-state index is 12.7. The van der Waals surface area contributed by atoms with Crippen LogP contribution >= 0.6 is 11.3 Å². The first kappa shape index (κ1) is 22.2. The molecule has 2 aromatic carbocycles. The number of carbonyl (C=O) groups is 2. The quantitative estimate of drug-likeness (QED) is 0.435. The second-order valence-electron chi connectivity index (χ2n) is 6.42. The number of ether oxygens (including phenoxy) is 1. The van der Waals surface area contributed by atoms with Gasteiger partial charge in [0, 0.05) is 17.1 Å². The molecule has 1 heterocycles. The zero-order valence-electron chi connectivity index (χ0n) is 15.8. The van der Waals surface area contributed by atoms with Gasteiger partial charge in [-0.15, -0.1) is 11.3 Å². The Bertz CT molecular complexity index is 1090. The lowest BCUT2D eigenvalue weighted by molar-refractivity contribution is -0.139. The van der Waals surface area contributed by atoms with Crippen LogP contribution in [0.2, 0.25) is 0 Å². The number of carboxylic acid groups (broad SMARTS) is 2. The molecular formula is C21H16F3NO5S. The first-order valence-corrected chi connectivity index (χ1v) is 9.67. The fourth-order valence-corrected chi connectivity index (χ4v) is 3.65. The molecule has 0 saturated carbocycles. The molecule has 10 heteroatoms. The standard InChI is InChI=1S/C21H16F3NO5S/c22-21(23,24)14-6-4-12(5-7-14)10-25-15-3-1-2-13(8-15)17-9-16(30-11-18(26)27)19(31-17)20(28)29/h1-9,25H,10-11H2,(H,26,27)(H,28,29). The molecule has 0 spiro atoms. The monoisotopic (exact) mass is 451 g/mol. The lowest BCUT2D eigenvalue weighted by Gasteiger charge is -2.10. The first-order chi connectivity index (χ1) is 14.6. The van der Waals surface area contributed by atoms with Crippen LogP contribution in [0.3, 0.4) is 0 Å². The molecule has 1 aromatic heterocycles. The maximum absolute atomic E-state index is 12.7. The van der Waals surface area contributed by atoms with E-state index in [-0.39, 0.29) is 10.6 Å². The normalized spacial score (nSPS) is 11.2. The van der Waals surface area contributed by atoms with Gasteiger partial charge in [0.15, 0.2) is 11.5 Å². The van der Waals surface area contributed by atoms with E-state index in [1.807, 2.05) is 0 Å². The van der Waals surface area contributed by atoms with Gasteiger partial charge in [-0.05, 0) is 41.5 Å². The Morgan fingerprint density at radius 1 is 1.03 bits per heavy atom. The van der Waals surface area contributed by atoms with Gasteiger partial charge in [0.05, 0.1) is 5.56 Å². The fourth-order valence-electron chi connectivity index (χ4n) is 2.71. The van der Waals surface area contributed by atoms with Crippen molar-refractivity contribution in [1.29, 1.82) is 0 Å². The molecular weight excluding hydrogens is 435 g/mol. The van der Waals surface area contributed by atoms with Crippen molar-refractivity contribution < 1.29 is 37.7 Å². The van der Waals surface area contributed by atoms with Crippen molar-refractivity contribution in [2.24, 2.45) is 0 Å². The van der Waals surface area contributed by atoms with Gasteiger partial charge in [0.1, 0.15) is 5.75 Å². The molecule has 0 amide bonds. The van der Waals surface area contributed by atoms with Crippen molar-refractivity contribution in [3.05, 3.63) is 70.6 Å². The van der Waals surface area contributed by atoms with E-state index in [2.05, 4.69) is 5.32 Å². The third kappa shape index (κ3) is 5.76. The predicted molar refractivity (Wildman–Crippen MR) is 109 cm³/mol. The average molecular weight is 451 g/mol. The van der Waals surface area contributed by atoms with Crippen LogP contribution in [0.15, 0.2) is 54.6 Å². The van der Waals surface area contributed by atoms with Crippen LogP contribution in [0.4, 0.5) is 18.9 Å². The average Bonchev–Trinajstić information content (AvgIpc) is 3.15. The van der Waals surface area contributed by atoms with Crippen molar-refractivity contribution in [2.75, 3.05) is 11.9 Å². The molecule has 0 unspecified atom stereocenters. The number of carboxylic acids is 2. The van der Waals surface area contributed by atoms with Crippen LogP contribution in [-0.2, 0) is 17.5 Å². The van der Waals surface area contributed by atoms with E-state index in [0.29, 0.717) is 28.2 Å². The molecule has 6 nitrogen and oxygen atoms in total. The summed E-state index contributed by atoms with van der Waals surface area (Å²) in [7, 11) is 0. The third-order valence-corrected chi connectivity index (χ3v) is 5.32. The van der Waals surface area contributed by atoms with Crippen molar-refractivity contribution in [3.8, 4) is 16.2 Å². The van der Waals surface area contributed by atoms with E-state index in [1.165, 1.54) is 18.2 Å². The van der Waals surface area contributed by atoms with Crippen LogP contribution < -0.4 is 10.1 Å². The predicted octanol–water partition coefficient (Wildman–Crippen LogP) is 5.21. The number of hydrogen-bond donors (Lipinski definition) is 3. The summed E-state index contributed by atoms with van der Waals surface area (Å²) >= 11 is 0.948. The van der Waals surface area contributed by atoms with Crippen LogP contribution in [0, 0.1) is 0 Å². The van der Waals surface area contributed by atoms with Crippen LogP contribution in [0.1, 0.15) is 20.8 Å². The smallest absolute Gasteiger partial charge is 0.416 e. The third-order valence-electron chi connectivity index (χ3n) is 4.17. The second-order valence-corrected chi connectivity index (χ2v) is 7.47. The number of halogens is 3. The Hall–Kier alpha value is -3.53. The molecule has 31 heavy (non-hydrogen) atoms. The van der Waals surface area contributed by atoms with Crippen molar-refractivity contribution in [3.63, 3.8) is 0 Å². The molecule has 0 aliphatic carbocycles. The van der Waals surface area contributed by atoms with Crippen LogP contribution in [0.25, 0.3) is 10.4 Å². The van der Waals surface area contributed by atoms with Gasteiger partial charge in [-0.25, -0.2) is 9.59 Å². The number of hydrogen-bond acceptors (Lipinski definition) is 5. The Kier molecular flexibility index (Phi) is 6.50. The minimum absolute atomic E-state index is 0.0296. The highest BCUT2D eigenvalue weighted by Gasteiger charge is 2.29. The van der Waals surface area contributed by atoms with Crippen molar-refractivity contribution in [2.45, 2.75) is 12.7 Å². The number of nitrogens with one attached hydrogen (secondary N) is 1. The van der Waals surface area contributed by atoms with Crippen molar-refractivity contribution >= 4 is 29.0 Å². The largest absolute Gasteiger partial charge is 0.480 e. The highest BCUT2D eigenvalue weighted by Crippen LogP contribution is 2.37. The van der Waals surface area contributed by atoms with Gasteiger partial charge in [-0.3, -0.25) is 0 Å². The fraction of sp³-hybridized carbons (Fsp3) is 0.143. The number of anilines is 1. The maximum Gasteiger partial charge on any atom is 0.416 e. The summed E-state index contributed by atoms with van der Waals surface area (Å²) in [6, 6.07) is 13.3. The van der Waals surface area contributed by atoms with Crippen LogP contribution in [0.5, 0.6) is 5.75 Å². The zero-order chi connectivity index (χ0) is 22.6. The minimum Gasteiger partial charge on any atom is -0.480 e. The van der Waals surface area contributed by atoms with Gasteiger partial charge in [-0.2, -0.15) is 13.2 Å². The number of aliphatic carboxylic acids is 1. The summed E-state index contributed by atoms with van der Waals surface area (Å²) in [5.41, 5.74) is 1.30. The second kappa shape index (κ2) is 9.09. The van der Waals surface area contributed by atoms with Gasteiger partial charge in [0.2, 0.25) is 0 Å². The summed E-state index contributed by atoms with van der Waals surface area (Å²) in [4.78, 5) is 22.6. The summed E-state index contributed by atoms with van der Waals surface area (Å²) in [6.07, 6.45) is -4.39. The van der Waals surface area contributed by atoms with E-state index in [9.17, 15) is 27.9 Å². The molecule has 0 atom stereocenters. The van der Waals surface area contributed by atoms with E-state index in [4.69, 9.17) is 9.84 Å². The first-order valence-electron chi connectivity index (χ1n) is 8.85. The van der Waals surface area contributed by atoms with Gasteiger partial charge in [0.25, 0.3) is 0 Å². The zero-order valence-corrected chi connectivity index (χ0v) is 16.6. The Morgan fingerprint density at radius 2 is 1.74 bits per heavy atom. The molecule has 3 aromatic rings. The Morgan fingerprint density at radius 3 is 2.35 bits per heavy atom. The lowest BCUT2D eigenvalue weighted by atomic mass is 10.1. The number of alkyl halides is 3. The summed E-state index contributed by atoms with van der Waals surface area (Å²) in [6.45, 7) is -0.370. The lowest BCUT2D eigenvalue weighted by Crippen LogP contribution is -2.10. The molecule has 0 bridgehead atoms. The molecule has 0 fully saturated rings. The van der Waals surface area contributed by atoms with Crippen molar-refractivity contribution in [1.82, 2.24) is 0 Å². The number of rotatable bonds is 8. The summed E-state index contributed by atoms with van der Waals surface area (Å²) in [5, 5.41) is 21.2. The highest BCUT2D eigenvalue weighted by molar-refractivity contribution is 7.17. The SMILES string of the molecule is O=C(O)COc1cc(-c2cccc(NCc3ccc(C(F)(F)F)cc3)c2)sc1C(=O)O. The number of thiophene rings is 1. The molecule has 0 radical (unpaired) electrons.